The molecule has 0 bridgehead atoms. The van der Waals surface area contributed by atoms with Gasteiger partial charge >= 0.3 is 0 Å². The number of benzene rings is 1. The highest BCUT2D eigenvalue weighted by molar-refractivity contribution is 5.80. The van der Waals surface area contributed by atoms with Crippen molar-refractivity contribution in [3.63, 3.8) is 0 Å². The number of hydrogen-bond donors (Lipinski definition) is 1. The minimum absolute atomic E-state index is 0.0870. The van der Waals surface area contributed by atoms with Gasteiger partial charge in [0.25, 0.3) is 5.56 Å². The van der Waals surface area contributed by atoms with E-state index in [1.54, 1.807) is 0 Å². The van der Waals surface area contributed by atoms with Gasteiger partial charge < -0.3 is 4.98 Å². The Hall–Kier alpha value is -2.08. The Bertz CT molecular complexity index is 662. The smallest absolute Gasteiger partial charge is 0.251 e. The quantitative estimate of drug-likeness (QED) is 0.855. The van der Waals surface area contributed by atoms with Gasteiger partial charge in [0, 0.05) is 17.5 Å². The molecule has 1 heterocycles. The molecule has 1 N–H and O–H groups in total. The largest absolute Gasteiger partial charge is 0.322 e. The second kappa shape index (κ2) is 4.42. The first kappa shape index (κ1) is 11.4. The number of nitriles is 1. The molecule has 2 rings (SSSR count). The van der Waals surface area contributed by atoms with Crippen LogP contribution in [-0.2, 0) is 6.42 Å². The average Bonchev–Trinajstić information content (AvgIpc) is 2.29. The molecule has 0 fully saturated rings. The summed E-state index contributed by atoms with van der Waals surface area (Å²) in [6.45, 7) is 4.07. The summed E-state index contributed by atoms with van der Waals surface area (Å²) in [5.41, 5.74) is 3.82. The van der Waals surface area contributed by atoms with Gasteiger partial charge in [-0.2, -0.15) is 5.26 Å². The van der Waals surface area contributed by atoms with Crippen LogP contribution in [0.4, 0.5) is 0 Å². The molecule has 0 aliphatic heterocycles. The molecule has 86 valence electrons. The van der Waals surface area contributed by atoms with Gasteiger partial charge in [0.1, 0.15) is 0 Å². The van der Waals surface area contributed by atoms with Gasteiger partial charge in [-0.3, -0.25) is 4.79 Å². The molecule has 0 aliphatic rings. The van der Waals surface area contributed by atoms with Crippen LogP contribution in [0, 0.1) is 25.2 Å². The van der Waals surface area contributed by atoms with Crippen LogP contribution in [-0.4, -0.2) is 4.98 Å². The SMILES string of the molecule is Cc1cc2cc(CCC#N)c(=O)[nH]c2cc1C. The maximum absolute atomic E-state index is 11.8. The van der Waals surface area contributed by atoms with Gasteiger partial charge in [-0.15, -0.1) is 0 Å². The topological polar surface area (TPSA) is 56.6 Å². The Morgan fingerprint density at radius 1 is 1.24 bits per heavy atom. The number of fused-ring (bicyclic) bond motifs is 1. The second-order valence-electron chi connectivity index (χ2n) is 4.31. The normalized spacial score (nSPS) is 10.4. The predicted octanol–water partition coefficient (Wildman–Crippen LogP) is 2.60. The number of aromatic amines is 1. The zero-order chi connectivity index (χ0) is 12.4. The summed E-state index contributed by atoms with van der Waals surface area (Å²) in [6, 6.07) is 8.00. The van der Waals surface area contributed by atoms with Crippen molar-refractivity contribution in [2.45, 2.75) is 26.7 Å². The van der Waals surface area contributed by atoms with Crippen molar-refractivity contribution in [3.8, 4) is 6.07 Å². The Labute approximate surface area is 99.7 Å². The zero-order valence-electron chi connectivity index (χ0n) is 10.0. The van der Waals surface area contributed by atoms with Gasteiger partial charge in [0.2, 0.25) is 0 Å². The maximum atomic E-state index is 11.8. The van der Waals surface area contributed by atoms with Crippen LogP contribution < -0.4 is 5.56 Å². The fourth-order valence-electron chi connectivity index (χ4n) is 1.90. The Kier molecular flexibility index (Phi) is 2.97. The maximum Gasteiger partial charge on any atom is 0.251 e. The van der Waals surface area contributed by atoms with Crippen molar-refractivity contribution >= 4 is 10.9 Å². The molecule has 1 aromatic carbocycles. The number of nitrogens with one attached hydrogen (secondary N) is 1. The van der Waals surface area contributed by atoms with Crippen molar-refractivity contribution in [1.82, 2.24) is 4.98 Å². The number of H-pyrrole nitrogens is 1. The Morgan fingerprint density at radius 2 is 1.94 bits per heavy atom. The summed E-state index contributed by atoms with van der Waals surface area (Å²) >= 11 is 0. The third kappa shape index (κ3) is 2.21. The molecule has 0 unspecified atom stereocenters. The van der Waals surface area contributed by atoms with E-state index in [-0.39, 0.29) is 5.56 Å². The van der Waals surface area contributed by atoms with E-state index in [1.807, 2.05) is 19.1 Å². The van der Waals surface area contributed by atoms with Crippen LogP contribution >= 0.6 is 0 Å². The molecule has 0 aliphatic carbocycles. The lowest BCUT2D eigenvalue weighted by Gasteiger charge is -2.05. The minimum atomic E-state index is -0.0870. The van der Waals surface area contributed by atoms with Crippen molar-refractivity contribution in [3.05, 3.63) is 45.2 Å². The van der Waals surface area contributed by atoms with E-state index in [9.17, 15) is 4.79 Å². The monoisotopic (exact) mass is 226 g/mol. The number of aromatic nitrogens is 1. The number of pyridine rings is 1. The summed E-state index contributed by atoms with van der Waals surface area (Å²) in [5.74, 6) is 0. The predicted molar refractivity (Wildman–Crippen MR) is 68.0 cm³/mol. The molecule has 0 amide bonds. The first-order valence-electron chi connectivity index (χ1n) is 5.62. The molecular formula is C14H14N2O. The third-order valence-electron chi connectivity index (χ3n) is 3.04. The molecule has 2 aromatic rings. The molecule has 17 heavy (non-hydrogen) atoms. The van der Waals surface area contributed by atoms with E-state index < -0.39 is 0 Å². The van der Waals surface area contributed by atoms with Crippen LogP contribution in [0.15, 0.2) is 23.0 Å². The van der Waals surface area contributed by atoms with Gasteiger partial charge in [-0.25, -0.2) is 0 Å². The lowest BCUT2D eigenvalue weighted by Crippen LogP contribution is -2.12. The van der Waals surface area contributed by atoms with Gasteiger partial charge in [-0.1, -0.05) is 0 Å². The minimum Gasteiger partial charge on any atom is -0.322 e. The molecule has 0 radical (unpaired) electrons. The van der Waals surface area contributed by atoms with E-state index in [4.69, 9.17) is 5.26 Å². The Morgan fingerprint density at radius 3 is 2.65 bits per heavy atom. The molecule has 3 nitrogen and oxygen atoms in total. The standard InChI is InChI=1S/C14H14N2O/c1-9-6-12-8-11(4-3-5-15)14(17)16-13(12)7-10(9)2/h6-8H,3-4H2,1-2H3,(H,16,17). The summed E-state index contributed by atoms with van der Waals surface area (Å²) in [7, 11) is 0. The number of rotatable bonds is 2. The second-order valence-corrected chi connectivity index (χ2v) is 4.31. The van der Waals surface area contributed by atoms with Crippen molar-refractivity contribution in [2.24, 2.45) is 0 Å². The van der Waals surface area contributed by atoms with Crippen LogP contribution in [0.5, 0.6) is 0 Å². The molecule has 0 saturated carbocycles. The number of nitrogens with zero attached hydrogens (tertiary/aromatic N) is 1. The van der Waals surface area contributed by atoms with Crippen LogP contribution in [0.1, 0.15) is 23.1 Å². The first-order valence-corrected chi connectivity index (χ1v) is 5.62. The van der Waals surface area contributed by atoms with Gasteiger partial charge in [0.15, 0.2) is 0 Å². The van der Waals surface area contributed by atoms with E-state index in [2.05, 4.69) is 24.0 Å². The summed E-state index contributed by atoms with van der Waals surface area (Å²) < 4.78 is 0. The fourth-order valence-corrected chi connectivity index (χ4v) is 1.90. The highest BCUT2D eigenvalue weighted by Gasteiger charge is 2.04. The molecule has 0 atom stereocenters. The zero-order valence-corrected chi connectivity index (χ0v) is 10.0. The van der Waals surface area contributed by atoms with E-state index in [0.717, 1.165) is 16.5 Å². The summed E-state index contributed by atoms with van der Waals surface area (Å²) in [5, 5.41) is 9.58. The van der Waals surface area contributed by atoms with Crippen LogP contribution in [0.25, 0.3) is 10.9 Å². The first-order chi connectivity index (χ1) is 8.11. The molecule has 0 spiro atoms. The summed E-state index contributed by atoms with van der Waals surface area (Å²) in [6.07, 6.45) is 0.883. The van der Waals surface area contributed by atoms with Gasteiger partial charge in [-0.05, 0) is 55.0 Å². The summed E-state index contributed by atoms with van der Waals surface area (Å²) in [4.78, 5) is 14.6. The van der Waals surface area contributed by atoms with Crippen molar-refractivity contribution in [2.75, 3.05) is 0 Å². The molecular weight excluding hydrogens is 212 g/mol. The van der Waals surface area contributed by atoms with E-state index >= 15 is 0 Å². The van der Waals surface area contributed by atoms with E-state index in [1.165, 1.54) is 5.56 Å². The average molecular weight is 226 g/mol. The van der Waals surface area contributed by atoms with Gasteiger partial charge in [0.05, 0.1) is 6.07 Å². The molecule has 1 aromatic heterocycles. The lowest BCUT2D eigenvalue weighted by molar-refractivity contribution is 0.983. The fraction of sp³-hybridized carbons (Fsp3) is 0.286. The lowest BCUT2D eigenvalue weighted by atomic mass is 10.0. The Balaban J connectivity index is 2.60. The number of hydrogen-bond acceptors (Lipinski definition) is 2. The van der Waals surface area contributed by atoms with Crippen molar-refractivity contribution < 1.29 is 0 Å². The highest BCUT2D eigenvalue weighted by atomic mass is 16.1. The van der Waals surface area contributed by atoms with Crippen LogP contribution in [0.3, 0.4) is 0 Å². The number of aryl methyl sites for hydroxylation is 3. The van der Waals surface area contributed by atoms with E-state index in [0.29, 0.717) is 18.4 Å². The van der Waals surface area contributed by atoms with Crippen LogP contribution in [0.2, 0.25) is 0 Å². The highest BCUT2D eigenvalue weighted by Crippen LogP contribution is 2.17. The third-order valence-corrected chi connectivity index (χ3v) is 3.04. The molecule has 0 saturated heterocycles. The van der Waals surface area contributed by atoms with Crippen molar-refractivity contribution in [1.29, 1.82) is 5.26 Å². The molecule has 3 heteroatoms.